The highest BCUT2D eigenvalue weighted by atomic mass is 16.6. The second-order valence-electron chi connectivity index (χ2n) is 20.2. The second kappa shape index (κ2) is 48.9. The normalized spacial score (nSPS) is 12.0. The first kappa shape index (κ1) is 60.4. The molecule has 368 valence electrons. The quantitative estimate of drug-likeness (QED) is 0.0344. The van der Waals surface area contributed by atoms with Crippen LogP contribution in [0.5, 0.6) is 0 Å². The molecule has 0 aromatic rings. The molecule has 6 nitrogen and oxygen atoms in total. The van der Waals surface area contributed by atoms with Crippen molar-refractivity contribution in [2.45, 2.75) is 317 Å². The number of ether oxygens (including phenoxy) is 3. The van der Waals surface area contributed by atoms with Crippen molar-refractivity contribution >= 4 is 17.9 Å². The van der Waals surface area contributed by atoms with Crippen LogP contribution in [0.15, 0.2) is 0 Å². The average Bonchev–Trinajstić information content (AvgIpc) is 3.24. The fourth-order valence-corrected chi connectivity index (χ4v) is 8.52. The Bertz CT molecular complexity index is 947. The topological polar surface area (TPSA) is 78.9 Å². The molecule has 0 rings (SSSR count). The Morgan fingerprint density at radius 1 is 0.306 bits per heavy atom. The lowest BCUT2D eigenvalue weighted by Gasteiger charge is -2.18. The summed E-state index contributed by atoms with van der Waals surface area (Å²) in [6, 6.07) is 0. The van der Waals surface area contributed by atoms with E-state index >= 15 is 0 Å². The number of carbonyl (C=O) groups excluding carboxylic acids is 3. The second-order valence-corrected chi connectivity index (χ2v) is 20.2. The predicted molar refractivity (Wildman–Crippen MR) is 266 cm³/mol. The molecule has 6 heteroatoms. The zero-order valence-corrected chi connectivity index (χ0v) is 42.5. The van der Waals surface area contributed by atoms with Gasteiger partial charge in [-0.15, -0.1) is 0 Å². The largest absolute Gasteiger partial charge is 0.462 e. The van der Waals surface area contributed by atoms with Crippen molar-refractivity contribution in [3.05, 3.63) is 0 Å². The van der Waals surface area contributed by atoms with Gasteiger partial charge >= 0.3 is 17.9 Å². The molecular weight excluding hydrogens is 769 g/mol. The van der Waals surface area contributed by atoms with E-state index in [-0.39, 0.29) is 31.1 Å². The van der Waals surface area contributed by atoms with Gasteiger partial charge in [0.2, 0.25) is 0 Å². The maximum absolute atomic E-state index is 12.8. The van der Waals surface area contributed by atoms with Crippen molar-refractivity contribution in [2.75, 3.05) is 13.2 Å². The Morgan fingerprint density at radius 3 is 0.790 bits per heavy atom. The number of carbonyl (C=O) groups is 3. The maximum atomic E-state index is 12.8. The molecule has 0 heterocycles. The lowest BCUT2D eigenvalue weighted by atomic mass is 10.0. The van der Waals surface area contributed by atoms with Crippen LogP contribution < -0.4 is 0 Å². The van der Waals surface area contributed by atoms with Gasteiger partial charge in [0, 0.05) is 19.3 Å². The van der Waals surface area contributed by atoms with E-state index in [9.17, 15) is 14.4 Å². The summed E-state index contributed by atoms with van der Waals surface area (Å²) in [5, 5.41) is 0. The first-order valence-corrected chi connectivity index (χ1v) is 27.7. The van der Waals surface area contributed by atoms with E-state index in [4.69, 9.17) is 14.2 Å². The first-order valence-electron chi connectivity index (χ1n) is 27.7. The van der Waals surface area contributed by atoms with Gasteiger partial charge in [-0.3, -0.25) is 14.4 Å². The minimum absolute atomic E-state index is 0.0638. The van der Waals surface area contributed by atoms with Gasteiger partial charge in [0.15, 0.2) is 6.10 Å². The molecule has 0 saturated carbocycles. The van der Waals surface area contributed by atoms with Gasteiger partial charge in [-0.1, -0.05) is 272 Å². The predicted octanol–water partition coefficient (Wildman–Crippen LogP) is 18.1. The van der Waals surface area contributed by atoms with Crippen molar-refractivity contribution in [3.63, 3.8) is 0 Å². The highest BCUT2D eigenvalue weighted by Crippen LogP contribution is 2.18. The molecule has 0 bridgehead atoms. The summed E-state index contributed by atoms with van der Waals surface area (Å²) in [7, 11) is 0. The van der Waals surface area contributed by atoms with Crippen molar-refractivity contribution in [1.29, 1.82) is 0 Å². The summed E-state index contributed by atoms with van der Waals surface area (Å²) in [5.74, 6) is 0.766. The first-order chi connectivity index (χ1) is 30.2. The molecule has 0 aliphatic rings. The van der Waals surface area contributed by atoms with Crippen LogP contribution in [0.2, 0.25) is 0 Å². The zero-order valence-electron chi connectivity index (χ0n) is 42.5. The molecule has 0 saturated heterocycles. The molecule has 0 N–H and O–H groups in total. The summed E-state index contributed by atoms with van der Waals surface area (Å²) < 4.78 is 16.8. The molecular formula is C56H108O6. The van der Waals surface area contributed by atoms with Crippen molar-refractivity contribution in [2.24, 2.45) is 11.8 Å². The summed E-state index contributed by atoms with van der Waals surface area (Å²) in [5.41, 5.74) is 0. The maximum Gasteiger partial charge on any atom is 0.306 e. The smallest absolute Gasteiger partial charge is 0.306 e. The SMILES string of the molecule is CCCCCCCCCCCCCCCCCCCCCC(=O)OC[C@@H](COC(=O)CCCCCCCCCC(C)C)OC(=O)CCCCCCCCCCCCCCC(C)C. The molecule has 1 atom stereocenters. The zero-order chi connectivity index (χ0) is 45.4. The van der Waals surface area contributed by atoms with E-state index in [1.54, 1.807) is 0 Å². The summed E-state index contributed by atoms with van der Waals surface area (Å²) >= 11 is 0. The van der Waals surface area contributed by atoms with E-state index in [0.717, 1.165) is 69.6 Å². The Balaban J connectivity index is 4.24. The Hall–Kier alpha value is -1.59. The number of rotatable bonds is 50. The van der Waals surface area contributed by atoms with Crippen LogP contribution in [0.4, 0.5) is 0 Å². The van der Waals surface area contributed by atoms with E-state index < -0.39 is 6.10 Å². The van der Waals surface area contributed by atoms with E-state index in [2.05, 4.69) is 34.6 Å². The van der Waals surface area contributed by atoms with Crippen LogP contribution in [0.3, 0.4) is 0 Å². The van der Waals surface area contributed by atoms with Gasteiger partial charge in [-0.2, -0.15) is 0 Å². The third-order valence-electron chi connectivity index (χ3n) is 12.7. The molecule has 62 heavy (non-hydrogen) atoms. The summed E-state index contributed by atoms with van der Waals surface area (Å²) in [4.78, 5) is 38.0. The molecule has 0 aliphatic heterocycles. The fourth-order valence-electron chi connectivity index (χ4n) is 8.52. The molecule has 0 radical (unpaired) electrons. The minimum Gasteiger partial charge on any atom is -0.462 e. The highest BCUT2D eigenvalue weighted by molar-refractivity contribution is 5.71. The molecule has 0 unspecified atom stereocenters. The van der Waals surface area contributed by atoms with Crippen molar-refractivity contribution in [3.8, 4) is 0 Å². The van der Waals surface area contributed by atoms with E-state index in [1.165, 1.54) is 199 Å². The third kappa shape index (κ3) is 49.4. The van der Waals surface area contributed by atoms with Crippen LogP contribution in [-0.4, -0.2) is 37.2 Å². The number of esters is 3. The summed E-state index contributed by atoms with van der Waals surface area (Å²) in [6.45, 7) is 11.3. The van der Waals surface area contributed by atoms with Crippen molar-refractivity contribution < 1.29 is 28.6 Å². The molecule has 0 aromatic heterocycles. The summed E-state index contributed by atoms with van der Waals surface area (Å²) in [6.07, 6.45) is 51.1. The van der Waals surface area contributed by atoms with Gasteiger partial charge in [-0.05, 0) is 31.1 Å². The van der Waals surface area contributed by atoms with Crippen molar-refractivity contribution in [1.82, 2.24) is 0 Å². The van der Waals surface area contributed by atoms with Gasteiger partial charge in [0.1, 0.15) is 13.2 Å². The Labute approximate surface area is 387 Å². The van der Waals surface area contributed by atoms with E-state index in [1.807, 2.05) is 0 Å². The molecule has 0 fully saturated rings. The monoisotopic (exact) mass is 877 g/mol. The lowest BCUT2D eigenvalue weighted by Crippen LogP contribution is -2.30. The van der Waals surface area contributed by atoms with Crippen LogP contribution in [0.25, 0.3) is 0 Å². The third-order valence-corrected chi connectivity index (χ3v) is 12.7. The van der Waals surface area contributed by atoms with Crippen LogP contribution in [-0.2, 0) is 28.6 Å². The molecule has 0 amide bonds. The van der Waals surface area contributed by atoms with Crippen LogP contribution in [0.1, 0.15) is 311 Å². The Morgan fingerprint density at radius 2 is 0.532 bits per heavy atom. The standard InChI is InChI=1S/C56H108O6/c1-6-7-8-9-10-11-12-13-14-15-16-17-18-19-23-26-31-36-41-46-54(57)60-49-53(50-61-55(58)47-42-37-33-28-30-35-40-45-52(4)5)62-56(59)48-43-38-32-27-24-21-20-22-25-29-34-39-44-51(2)3/h51-53H,6-50H2,1-5H3/t53-/m0/s1. The van der Waals surface area contributed by atoms with Gasteiger partial charge < -0.3 is 14.2 Å². The molecule has 0 aliphatic carbocycles. The fraction of sp³-hybridized carbons (Fsp3) is 0.946. The number of unbranched alkanes of at least 4 members (excludes halogenated alkanes) is 35. The van der Waals surface area contributed by atoms with Crippen LogP contribution >= 0.6 is 0 Å². The molecule has 0 aromatic carbocycles. The lowest BCUT2D eigenvalue weighted by molar-refractivity contribution is -0.167. The van der Waals surface area contributed by atoms with Crippen LogP contribution in [0, 0.1) is 11.8 Å². The number of hydrogen-bond acceptors (Lipinski definition) is 6. The number of hydrogen-bond donors (Lipinski definition) is 0. The van der Waals surface area contributed by atoms with E-state index in [0.29, 0.717) is 19.3 Å². The average molecular weight is 877 g/mol. The van der Waals surface area contributed by atoms with Gasteiger partial charge in [0.25, 0.3) is 0 Å². The highest BCUT2D eigenvalue weighted by Gasteiger charge is 2.19. The minimum atomic E-state index is -0.762. The Kier molecular flexibility index (Phi) is 47.6. The van der Waals surface area contributed by atoms with Gasteiger partial charge in [-0.25, -0.2) is 0 Å². The van der Waals surface area contributed by atoms with Gasteiger partial charge in [0.05, 0.1) is 0 Å². The molecule has 0 spiro atoms.